The van der Waals surface area contributed by atoms with Crippen molar-refractivity contribution in [1.29, 1.82) is 0 Å². The van der Waals surface area contributed by atoms with Gasteiger partial charge in [-0.05, 0) is 20.3 Å². The van der Waals surface area contributed by atoms with Crippen molar-refractivity contribution in [3.05, 3.63) is 17.0 Å². The minimum absolute atomic E-state index is 0.00662. The van der Waals surface area contributed by atoms with Crippen LogP contribution in [0.4, 0.5) is 0 Å². The molecule has 1 amide bonds. The predicted octanol–water partition coefficient (Wildman–Crippen LogP) is 1.85. The minimum atomic E-state index is -0.835. The summed E-state index contributed by atoms with van der Waals surface area (Å²) in [6.07, 6.45) is 0.565. The van der Waals surface area contributed by atoms with Crippen LogP contribution in [0.2, 0.25) is 0 Å². The Hall–Kier alpha value is -1.50. The number of carbonyl (C=O) groups is 2. The van der Waals surface area contributed by atoms with Gasteiger partial charge in [-0.2, -0.15) is 0 Å². The molecule has 0 radical (unpaired) electrons. The zero-order valence-corrected chi connectivity index (χ0v) is 12.8. The summed E-state index contributed by atoms with van der Waals surface area (Å²) < 4.78 is 5.06. The van der Waals surface area contributed by atoms with Crippen molar-refractivity contribution in [3.63, 3.8) is 0 Å². The minimum Gasteiger partial charge on any atom is -0.481 e. The van der Waals surface area contributed by atoms with Crippen LogP contribution in [0.1, 0.15) is 29.9 Å². The number of hydrogen-bond acceptors (Lipinski definition) is 5. The average Bonchev–Trinajstić information content (AvgIpc) is 2.69. The van der Waals surface area contributed by atoms with Crippen LogP contribution in [-0.4, -0.2) is 46.4 Å². The Morgan fingerprint density at radius 3 is 2.65 bits per heavy atom. The Labute approximate surface area is 122 Å². The average molecular weight is 300 g/mol. The van der Waals surface area contributed by atoms with Gasteiger partial charge in [0.1, 0.15) is 5.76 Å². The van der Waals surface area contributed by atoms with Crippen LogP contribution in [0, 0.1) is 13.8 Å². The van der Waals surface area contributed by atoms with Crippen LogP contribution in [-0.2, 0) is 15.3 Å². The van der Waals surface area contributed by atoms with Gasteiger partial charge in [0.25, 0.3) is 0 Å². The van der Waals surface area contributed by atoms with E-state index in [1.54, 1.807) is 11.9 Å². The largest absolute Gasteiger partial charge is 0.481 e. The van der Waals surface area contributed by atoms with E-state index in [1.165, 1.54) is 11.8 Å². The van der Waals surface area contributed by atoms with E-state index >= 15 is 0 Å². The van der Waals surface area contributed by atoms with Crippen molar-refractivity contribution in [3.8, 4) is 0 Å². The van der Waals surface area contributed by atoms with Gasteiger partial charge in [0.15, 0.2) is 0 Å². The fraction of sp³-hybridized carbons (Fsp3) is 0.615. The van der Waals surface area contributed by atoms with E-state index in [0.29, 0.717) is 24.5 Å². The van der Waals surface area contributed by atoms with E-state index in [4.69, 9.17) is 9.63 Å². The summed E-state index contributed by atoms with van der Waals surface area (Å²) in [4.78, 5) is 23.8. The number of carboxylic acids is 1. The normalized spacial score (nSPS) is 10.6. The maximum atomic E-state index is 11.8. The number of amides is 1. The van der Waals surface area contributed by atoms with Gasteiger partial charge in [-0.3, -0.25) is 9.59 Å². The zero-order chi connectivity index (χ0) is 15.1. The van der Waals surface area contributed by atoms with E-state index in [9.17, 15) is 9.59 Å². The highest BCUT2D eigenvalue weighted by atomic mass is 32.2. The summed E-state index contributed by atoms with van der Waals surface area (Å²) in [6.45, 7) is 4.21. The van der Waals surface area contributed by atoms with Gasteiger partial charge in [-0.25, -0.2) is 0 Å². The third kappa shape index (κ3) is 5.24. The van der Waals surface area contributed by atoms with Gasteiger partial charge < -0.3 is 14.5 Å². The molecule has 1 N–H and O–H groups in total. The number of carbonyl (C=O) groups excluding carboxylic acids is 1. The first-order chi connectivity index (χ1) is 9.41. The van der Waals surface area contributed by atoms with Gasteiger partial charge in [-0.1, -0.05) is 5.16 Å². The van der Waals surface area contributed by atoms with E-state index < -0.39 is 5.97 Å². The molecule has 1 aromatic rings. The second-order valence-corrected chi connectivity index (χ2v) is 5.59. The van der Waals surface area contributed by atoms with E-state index in [-0.39, 0.29) is 12.3 Å². The lowest BCUT2D eigenvalue weighted by molar-refractivity contribution is -0.137. The molecule has 7 heteroatoms. The van der Waals surface area contributed by atoms with Crippen molar-refractivity contribution in [2.24, 2.45) is 0 Å². The Balaban J connectivity index is 2.27. The van der Waals surface area contributed by atoms with Crippen molar-refractivity contribution in [1.82, 2.24) is 10.1 Å². The first-order valence-corrected chi connectivity index (χ1v) is 7.52. The lowest BCUT2D eigenvalue weighted by atomic mass is 10.2. The summed E-state index contributed by atoms with van der Waals surface area (Å²) >= 11 is 1.51. The summed E-state index contributed by atoms with van der Waals surface area (Å²) in [5.41, 5.74) is 1.90. The van der Waals surface area contributed by atoms with E-state index in [2.05, 4.69) is 5.16 Å². The number of rotatable bonds is 8. The first-order valence-electron chi connectivity index (χ1n) is 6.37. The number of aryl methyl sites for hydroxylation is 2. The highest BCUT2D eigenvalue weighted by Crippen LogP contribution is 2.19. The lowest BCUT2D eigenvalue weighted by Crippen LogP contribution is -2.29. The van der Waals surface area contributed by atoms with Crippen molar-refractivity contribution in [2.45, 2.75) is 32.4 Å². The summed E-state index contributed by atoms with van der Waals surface area (Å²) in [5, 5.41) is 12.4. The van der Waals surface area contributed by atoms with Crippen LogP contribution in [0.3, 0.4) is 0 Å². The third-order valence-electron chi connectivity index (χ3n) is 2.96. The molecule has 0 unspecified atom stereocenters. The van der Waals surface area contributed by atoms with Crippen LogP contribution < -0.4 is 0 Å². The Morgan fingerprint density at radius 1 is 1.40 bits per heavy atom. The van der Waals surface area contributed by atoms with Crippen LogP contribution in [0.15, 0.2) is 4.52 Å². The number of nitrogens with zero attached hydrogens (tertiary/aromatic N) is 2. The number of thioether (sulfide) groups is 1. The molecule has 0 aliphatic carbocycles. The molecule has 0 fully saturated rings. The molecule has 0 bridgehead atoms. The second kappa shape index (κ2) is 7.94. The van der Waals surface area contributed by atoms with Crippen molar-refractivity contribution < 1.29 is 19.2 Å². The summed E-state index contributed by atoms with van der Waals surface area (Å²) in [6, 6.07) is 0. The van der Waals surface area contributed by atoms with Gasteiger partial charge in [0.2, 0.25) is 5.91 Å². The third-order valence-corrected chi connectivity index (χ3v) is 3.91. The number of aliphatic carboxylic acids is 1. The SMILES string of the molecule is Cc1noc(C)c1CSCC(=O)N(C)CCCC(=O)O. The molecule has 1 aromatic heterocycles. The summed E-state index contributed by atoms with van der Waals surface area (Å²) in [7, 11) is 1.70. The molecule has 6 nitrogen and oxygen atoms in total. The maximum absolute atomic E-state index is 11.8. The molecule has 1 rings (SSSR count). The maximum Gasteiger partial charge on any atom is 0.303 e. The Bertz CT molecular complexity index is 453. The van der Waals surface area contributed by atoms with Crippen molar-refractivity contribution >= 4 is 23.6 Å². The van der Waals surface area contributed by atoms with Crippen LogP contribution in [0.5, 0.6) is 0 Å². The van der Waals surface area contributed by atoms with E-state index in [0.717, 1.165) is 17.0 Å². The Kier molecular flexibility index (Phi) is 6.57. The molecule has 112 valence electrons. The Morgan fingerprint density at radius 2 is 2.10 bits per heavy atom. The molecule has 0 aliphatic rings. The molecule has 0 spiro atoms. The highest BCUT2D eigenvalue weighted by Gasteiger charge is 2.12. The standard InChI is InChI=1S/C13H20N2O4S/c1-9-11(10(2)19-14-9)7-20-8-12(16)15(3)6-4-5-13(17)18/h4-8H2,1-3H3,(H,17,18). The van der Waals surface area contributed by atoms with Gasteiger partial charge in [-0.15, -0.1) is 11.8 Å². The summed E-state index contributed by atoms with van der Waals surface area (Å²) in [5.74, 6) is 1.02. The fourth-order valence-electron chi connectivity index (χ4n) is 1.65. The molecule has 0 aromatic carbocycles. The van der Waals surface area contributed by atoms with Crippen molar-refractivity contribution in [2.75, 3.05) is 19.3 Å². The number of aromatic nitrogens is 1. The van der Waals surface area contributed by atoms with E-state index in [1.807, 2.05) is 13.8 Å². The predicted molar refractivity (Wildman–Crippen MR) is 76.6 cm³/mol. The quantitative estimate of drug-likeness (QED) is 0.788. The molecule has 0 atom stereocenters. The lowest BCUT2D eigenvalue weighted by Gasteiger charge is -2.16. The zero-order valence-electron chi connectivity index (χ0n) is 12.0. The van der Waals surface area contributed by atoms with Gasteiger partial charge in [0, 0.05) is 31.3 Å². The molecular weight excluding hydrogens is 280 g/mol. The molecular formula is C13H20N2O4S. The van der Waals surface area contributed by atoms with Gasteiger partial charge in [0.05, 0.1) is 11.4 Å². The molecule has 0 saturated heterocycles. The monoisotopic (exact) mass is 300 g/mol. The van der Waals surface area contributed by atoms with Gasteiger partial charge >= 0.3 is 5.97 Å². The first kappa shape index (κ1) is 16.6. The highest BCUT2D eigenvalue weighted by molar-refractivity contribution is 7.99. The topological polar surface area (TPSA) is 83.6 Å². The molecule has 20 heavy (non-hydrogen) atoms. The fourth-order valence-corrected chi connectivity index (χ4v) is 2.76. The van der Waals surface area contributed by atoms with Crippen LogP contribution >= 0.6 is 11.8 Å². The number of hydrogen-bond donors (Lipinski definition) is 1. The molecule has 1 heterocycles. The molecule has 0 saturated carbocycles. The number of carboxylic acid groups (broad SMARTS) is 1. The van der Waals surface area contributed by atoms with Crippen LogP contribution in [0.25, 0.3) is 0 Å². The second-order valence-electron chi connectivity index (χ2n) is 4.61. The smallest absolute Gasteiger partial charge is 0.303 e. The molecule has 0 aliphatic heterocycles.